The minimum atomic E-state index is -0.337. The third-order valence-electron chi connectivity index (χ3n) is 4.90. The van der Waals surface area contributed by atoms with Crippen LogP contribution in [0.4, 0.5) is 0 Å². The van der Waals surface area contributed by atoms with Gasteiger partial charge in [-0.2, -0.15) is 5.26 Å². The van der Waals surface area contributed by atoms with Gasteiger partial charge in [0.15, 0.2) is 0 Å². The first-order valence-corrected chi connectivity index (χ1v) is 9.94. The predicted molar refractivity (Wildman–Crippen MR) is 108 cm³/mol. The molecule has 0 bridgehead atoms. The van der Waals surface area contributed by atoms with Crippen molar-refractivity contribution in [2.24, 2.45) is 0 Å². The lowest BCUT2D eigenvalue weighted by atomic mass is 10.1. The van der Waals surface area contributed by atoms with Crippen molar-refractivity contribution in [2.75, 3.05) is 6.61 Å². The average Bonchev–Trinajstić information content (AvgIpc) is 3.17. The zero-order valence-corrected chi connectivity index (χ0v) is 17.1. The number of aromatic nitrogens is 2. The van der Waals surface area contributed by atoms with Gasteiger partial charge in [-0.3, -0.25) is 0 Å². The SMILES string of the molecule is CCOC(=O)c1sc(-c2ccc3c(c2)c(C#N)c(C)n3C(C)CC)nc1C. The summed E-state index contributed by atoms with van der Waals surface area (Å²) >= 11 is 1.33. The number of hydrogen-bond donors (Lipinski definition) is 0. The smallest absolute Gasteiger partial charge is 0.350 e. The first kappa shape index (κ1) is 19.1. The minimum absolute atomic E-state index is 0.318. The average molecular weight is 382 g/mol. The predicted octanol–water partition coefficient (Wildman–Crippen LogP) is 5.40. The highest BCUT2D eigenvalue weighted by atomic mass is 32.1. The molecule has 1 atom stereocenters. The van der Waals surface area contributed by atoms with E-state index in [1.165, 1.54) is 11.3 Å². The molecule has 0 fully saturated rings. The molecule has 140 valence electrons. The van der Waals surface area contributed by atoms with Gasteiger partial charge in [-0.05, 0) is 52.3 Å². The lowest BCUT2D eigenvalue weighted by Gasteiger charge is -2.15. The summed E-state index contributed by atoms with van der Waals surface area (Å²) in [7, 11) is 0. The molecule has 0 saturated carbocycles. The molecule has 0 N–H and O–H groups in total. The van der Waals surface area contributed by atoms with Crippen LogP contribution in [0.15, 0.2) is 18.2 Å². The van der Waals surface area contributed by atoms with Crippen molar-refractivity contribution in [3.05, 3.63) is 40.0 Å². The second-order valence-corrected chi connectivity index (χ2v) is 7.58. The number of aryl methyl sites for hydroxylation is 1. The highest BCUT2D eigenvalue weighted by molar-refractivity contribution is 7.17. The van der Waals surface area contributed by atoms with E-state index in [1.807, 2.05) is 32.0 Å². The molecule has 0 amide bonds. The summed E-state index contributed by atoms with van der Waals surface area (Å²) in [6.07, 6.45) is 0.992. The van der Waals surface area contributed by atoms with E-state index in [0.29, 0.717) is 28.8 Å². The van der Waals surface area contributed by atoms with Crippen LogP contribution in [0.3, 0.4) is 0 Å². The summed E-state index contributed by atoms with van der Waals surface area (Å²) in [5, 5.41) is 11.4. The molecule has 0 aliphatic carbocycles. The quantitative estimate of drug-likeness (QED) is 0.555. The third-order valence-corrected chi connectivity index (χ3v) is 6.08. The van der Waals surface area contributed by atoms with Crippen molar-refractivity contribution in [3.8, 4) is 16.6 Å². The fourth-order valence-corrected chi connectivity index (χ4v) is 4.33. The number of carbonyl (C=O) groups excluding carboxylic acids is 1. The second-order valence-electron chi connectivity index (χ2n) is 6.59. The summed E-state index contributed by atoms with van der Waals surface area (Å²) in [5.41, 5.74) is 4.32. The van der Waals surface area contributed by atoms with Gasteiger partial charge in [0.25, 0.3) is 0 Å². The molecule has 2 aromatic heterocycles. The molecule has 0 saturated heterocycles. The molecule has 5 nitrogen and oxygen atoms in total. The number of carbonyl (C=O) groups is 1. The van der Waals surface area contributed by atoms with Crippen molar-refractivity contribution in [2.45, 2.75) is 47.1 Å². The summed E-state index contributed by atoms with van der Waals surface area (Å²) in [6.45, 7) is 10.2. The van der Waals surface area contributed by atoms with Crippen molar-refractivity contribution < 1.29 is 9.53 Å². The molecule has 0 aliphatic rings. The van der Waals surface area contributed by atoms with Gasteiger partial charge in [-0.25, -0.2) is 9.78 Å². The highest BCUT2D eigenvalue weighted by Gasteiger charge is 2.20. The van der Waals surface area contributed by atoms with Gasteiger partial charge < -0.3 is 9.30 Å². The largest absolute Gasteiger partial charge is 0.462 e. The zero-order chi connectivity index (χ0) is 19.7. The van der Waals surface area contributed by atoms with Crippen LogP contribution in [0.5, 0.6) is 0 Å². The van der Waals surface area contributed by atoms with Crippen LogP contribution < -0.4 is 0 Å². The number of ether oxygens (including phenoxy) is 1. The topological polar surface area (TPSA) is 67.9 Å². The molecule has 27 heavy (non-hydrogen) atoms. The molecule has 0 aliphatic heterocycles. The van der Waals surface area contributed by atoms with Gasteiger partial charge in [-0.1, -0.05) is 6.92 Å². The zero-order valence-electron chi connectivity index (χ0n) is 16.3. The Kier molecular flexibility index (Phi) is 5.33. The summed E-state index contributed by atoms with van der Waals surface area (Å²) in [6, 6.07) is 8.74. The lowest BCUT2D eigenvalue weighted by molar-refractivity contribution is 0.0531. The first-order valence-electron chi connectivity index (χ1n) is 9.12. The van der Waals surface area contributed by atoms with E-state index >= 15 is 0 Å². The molecule has 1 aromatic carbocycles. The van der Waals surface area contributed by atoms with E-state index in [-0.39, 0.29) is 5.97 Å². The second kappa shape index (κ2) is 7.53. The summed E-state index contributed by atoms with van der Waals surface area (Å²) in [5.74, 6) is -0.337. The van der Waals surface area contributed by atoms with Gasteiger partial charge in [-0.15, -0.1) is 11.3 Å². The lowest BCUT2D eigenvalue weighted by Crippen LogP contribution is -2.05. The van der Waals surface area contributed by atoms with E-state index in [4.69, 9.17) is 4.74 Å². The van der Waals surface area contributed by atoms with E-state index in [0.717, 1.165) is 33.6 Å². The van der Waals surface area contributed by atoms with Crippen molar-refractivity contribution >= 4 is 28.2 Å². The number of esters is 1. The van der Waals surface area contributed by atoms with Crippen LogP contribution in [0, 0.1) is 25.2 Å². The minimum Gasteiger partial charge on any atom is -0.462 e. The molecular formula is C21H23N3O2S. The Morgan fingerprint density at radius 2 is 2.11 bits per heavy atom. The number of benzene rings is 1. The van der Waals surface area contributed by atoms with Gasteiger partial charge in [0, 0.05) is 28.2 Å². The summed E-state index contributed by atoms with van der Waals surface area (Å²) < 4.78 is 7.34. The normalized spacial score (nSPS) is 12.1. The molecule has 1 unspecified atom stereocenters. The number of fused-ring (bicyclic) bond motifs is 1. The monoisotopic (exact) mass is 381 g/mol. The Labute approximate surface area is 163 Å². The van der Waals surface area contributed by atoms with Crippen LogP contribution >= 0.6 is 11.3 Å². The van der Waals surface area contributed by atoms with Crippen molar-refractivity contribution in [1.82, 2.24) is 9.55 Å². The number of nitriles is 1. The standard InChI is InChI=1S/C21H23N3O2S/c1-6-12(3)24-14(5)17(11-22)16-10-15(8-9-18(16)24)20-23-13(4)19(27-20)21(25)26-7-2/h8-10,12H,6-7H2,1-5H3. The number of rotatable bonds is 5. The molecule has 2 heterocycles. The Hall–Kier alpha value is -2.65. The van der Waals surface area contributed by atoms with E-state index in [1.54, 1.807) is 6.92 Å². The van der Waals surface area contributed by atoms with Crippen LogP contribution in [-0.4, -0.2) is 22.1 Å². The molecule has 3 rings (SSSR count). The van der Waals surface area contributed by atoms with Crippen LogP contribution in [0.2, 0.25) is 0 Å². The van der Waals surface area contributed by atoms with Gasteiger partial charge in [0.2, 0.25) is 0 Å². The third kappa shape index (κ3) is 3.24. The van der Waals surface area contributed by atoms with Crippen molar-refractivity contribution in [3.63, 3.8) is 0 Å². The van der Waals surface area contributed by atoms with E-state index < -0.39 is 0 Å². The molecule has 6 heteroatoms. The van der Waals surface area contributed by atoms with Crippen LogP contribution in [0.1, 0.15) is 59.9 Å². The Bertz CT molecular complexity index is 1060. The fraction of sp³-hybridized carbons (Fsp3) is 0.381. The maximum atomic E-state index is 12.1. The number of nitrogens with zero attached hydrogens (tertiary/aromatic N) is 3. The van der Waals surface area contributed by atoms with Crippen LogP contribution in [-0.2, 0) is 4.74 Å². The van der Waals surface area contributed by atoms with E-state index in [2.05, 4.69) is 29.5 Å². The fourth-order valence-electron chi connectivity index (χ4n) is 3.37. The number of hydrogen-bond acceptors (Lipinski definition) is 5. The molecule has 3 aromatic rings. The van der Waals surface area contributed by atoms with Crippen molar-refractivity contribution in [1.29, 1.82) is 5.26 Å². The van der Waals surface area contributed by atoms with E-state index in [9.17, 15) is 10.1 Å². The molecule has 0 radical (unpaired) electrons. The van der Waals surface area contributed by atoms with Gasteiger partial charge in [0.1, 0.15) is 16.0 Å². The Balaban J connectivity index is 2.15. The van der Waals surface area contributed by atoms with Gasteiger partial charge >= 0.3 is 5.97 Å². The van der Waals surface area contributed by atoms with Gasteiger partial charge in [0.05, 0.1) is 17.9 Å². The molecular weight excluding hydrogens is 358 g/mol. The Morgan fingerprint density at radius 3 is 2.74 bits per heavy atom. The van der Waals surface area contributed by atoms with Crippen LogP contribution in [0.25, 0.3) is 21.5 Å². The maximum absolute atomic E-state index is 12.1. The summed E-state index contributed by atoms with van der Waals surface area (Å²) in [4.78, 5) is 17.2. The number of thiazole rings is 1. The Morgan fingerprint density at radius 1 is 1.37 bits per heavy atom. The highest BCUT2D eigenvalue weighted by Crippen LogP contribution is 2.35. The maximum Gasteiger partial charge on any atom is 0.350 e. The molecule has 0 spiro atoms. The first-order chi connectivity index (χ1) is 12.9.